The maximum atomic E-state index is 11.9. The predicted molar refractivity (Wildman–Crippen MR) is 91.0 cm³/mol. The number of rotatable bonds is 5. The Morgan fingerprint density at radius 2 is 2.26 bits per heavy atom. The third-order valence-electron chi connectivity index (χ3n) is 2.91. The van der Waals surface area contributed by atoms with E-state index >= 15 is 0 Å². The third kappa shape index (κ3) is 4.53. The third-order valence-corrected chi connectivity index (χ3v) is 3.37. The van der Waals surface area contributed by atoms with Gasteiger partial charge in [0, 0.05) is 21.9 Å². The summed E-state index contributed by atoms with van der Waals surface area (Å²) >= 11 is 3.33. The van der Waals surface area contributed by atoms with Gasteiger partial charge in [0.1, 0.15) is 0 Å². The van der Waals surface area contributed by atoms with Gasteiger partial charge in [-0.3, -0.25) is 9.78 Å². The predicted octanol–water partition coefficient (Wildman–Crippen LogP) is 3.02. The van der Waals surface area contributed by atoms with Crippen molar-refractivity contribution in [3.05, 3.63) is 51.8 Å². The summed E-state index contributed by atoms with van der Waals surface area (Å²) < 4.78 is 6.06. The number of aryl methyl sites for hydroxylation is 1. The lowest BCUT2D eigenvalue weighted by molar-refractivity contribution is 0.0954. The van der Waals surface area contributed by atoms with Gasteiger partial charge in [0.05, 0.1) is 18.4 Å². The highest BCUT2D eigenvalue weighted by Gasteiger charge is 2.09. The van der Waals surface area contributed by atoms with Gasteiger partial charge in [0.25, 0.3) is 5.91 Å². The molecule has 0 aliphatic heterocycles. The second kappa shape index (κ2) is 7.73. The summed E-state index contributed by atoms with van der Waals surface area (Å²) in [5.74, 6) is -0.0734. The van der Waals surface area contributed by atoms with E-state index in [-0.39, 0.29) is 11.7 Å². The summed E-state index contributed by atoms with van der Waals surface area (Å²) in [6, 6.07) is 6.73. The lowest BCUT2D eigenvalue weighted by Gasteiger charge is -2.08. The van der Waals surface area contributed by atoms with Gasteiger partial charge in [0.15, 0.2) is 11.5 Å². The molecule has 0 spiro atoms. The summed E-state index contributed by atoms with van der Waals surface area (Å²) in [7, 11) is 0. The van der Waals surface area contributed by atoms with Crippen molar-refractivity contribution < 1.29 is 14.6 Å². The smallest absolute Gasteiger partial charge is 0.272 e. The van der Waals surface area contributed by atoms with E-state index in [1.807, 2.05) is 13.8 Å². The lowest BCUT2D eigenvalue weighted by Crippen LogP contribution is -2.17. The van der Waals surface area contributed by atoms with E-state index in [4.69, 9.17) is 4.74 Å². The number of halogens is 1. The first-order chi connectivity index (χ1) is 11.0. The summed E-state index contributed by atoms with van der Waals surface area (Å²) in [5.41, 5.74) is 4.04. The number of pyridine rings is 1. The monoisotopic (exact) mass is 377 g/mol. The first-order valence-corrected chi connectivity index (χ1v) is 7.72. The fourth-order valence-electron chi connectivity index (χ4n) is 1.79. The summed E-state index contributed by atoms with van der Waals surface area (Å²) in [5, 5.41) is 14.0. The number of ether oxygens (including phenoxy) is 1. The van der Waals surface area contributed by atoms with Crippen LogP contribution in [0.1, 0.15) is 28.5 Å². The van der Waals surface area contributed by atoms with Crippen molar-refractivity contribution in [1.29, 1.82) is 0 Å². The fourth-order valence-corrected chi connectivity index (χ4v) is 2.24. The van der Waals surface area contributed by atoms with Gasteiger partial charge in [-0.25, -0.2) is 5.43 Å². The normalized spacial score (nSPS) is 10.7. The highest BCUT2D eigenvalue weighted by molar-refractivity contribution is 9.10. The lowest BCUT2D eigenvalue weighted by atomic mass is 10.2. The van der Waals surface area contributed by atoms with E-state index in [0.29, 0.717) is 23.5 Å². The van der Waals surface area contributed by atoms with E-state index in [2.05, 4.69) is 31.4 Å². The molecule has 1 heterocycles. The second-order valence-corrected chi connectivity index (χ2v) is 5.58. The number of phenols is 1. The van der Waals surface area contributed by atoms with E-state index in [9.17, 15) is 9.90 Å². The number of carbonyl (C=O) groups excluding carboxylic acids is 1. The fraction of sp³-hybridized carbons (Fsp3) is 0.188. The Bertz CT molecular complexity index is 730. The number of hydrogen-bond acceptors (Lipinski definition) is 5. The van der Waals surface area contributed by atoms with Gasteiger partial charge < -0.3 is 9.84 Å². The van der Waals surface area contributed by atoms with Crippen molar-refractivity contribution in [2.75, 3.05) is 6.61 Å². The van der Waals surface area contributed by atoms with Crippen molar-refractivity contribution in [3.63, 3.8) is 0 Å². The van der Waals surface area contributed by atoms with Crippen LogP contribution < -0.4 is 10.2 Å². The molecule has 0 saturated carbocycles. The molecule has 1 aromatic heterocycles. The number of nitrogens with one attached hydrogen (secondary N) is 1. The zero-order valence-corrected chi connectivity index (χ0v) is 14.3. The van der Waals surface area contributed by atoms with Crippen LogP contribution in [0.2, 0.25) is 0 Å². The van der Waals surface area contributed by atoms with Crippen LogP contribution in [0, 0.1) is 6.92 Å². The van der Waals surface area contributed by atoms with Crippen LogP contribution in [0.3, 0.4) is 0 Å². The largest absolute Gasteiger partial charge is 0.504 e. The number of aromatic nitrogens is 1. The van der Waals surface area contributed by atoms with Gasteiger partial charge in [-0.05, 0) is 38.1 Å². The van der Waals surface area contributed by atoms with Gasteiger partial charge in [-0.2, -0.15) is 5.10 Å². The van der Waals surface area contributed by atoms with Crippen LogP contribution in [-0.4, -0.2) is 28.8 Å². The molecule has 2 N–H and O–H groups in total. The van der Waals surface area contributed by atoms with Crippen molar-refractivity contribution in [1.82, 2.24) is 10.4 Å². The zero-order chi connectivity index (χ0) is 16.8. The molecule has 0 radical (unpaired) electrons. The molecule has 120 valence electrons. The number of phenolic OH excluding ortho intramolecular Hbond substituents is 1. The molecule has 23 heavy (non-hydrogen) atoms. The number of hydrogen-bond donors (Lipinski definition) is 2. The molecule has 7 heteroatoms. The van der Waals surface area contributed by atoms with Crippen molar-refractivity contribution in [2.24, 2.45) is 5.10 Å². The highest BCUT2D eigenvalue weighted by Crippen LogP contribution is 2.32. The van der Waals surface area contributed by atoms with Crippen molar-refractivity contribution in [2.45, 2.75) is 13.8 Å². The molecule has 0 saturated heterocycles. The van der Waals surface area contributed by atoms with Crippen LogP contribution >= 0.6 is 15.9 Å². The standard InChI is InChI=1S/C16H16BrN3O3/c1-3-23-14-7-13(17)6-12(15(14)21)9-19-20-16(22)11-5-4-10(2)18-8-11/h4-9,21H,3H2,1-2H3,(H,20,22)/b19-9+. The Hall–Kier alpha value is -2.41. The maximum Gasteiger partial charge on any atom is 0.272 e. The Balaban J connectivity index is 2.11. The number of amides is 1. The first kappa shape index (κ1) is 17.0. The number of benzene rings is 1. The molecule has 6 nitrogen and oxygen atoms in total. The van der Waals surface area contributed by atoms with E-state index < -0.39 is 0 Å². The van der Waals surface area contributed by atoms with E-state index in [0.717, 1.165) is 10.2 Å². The topological polar surface area (TPSA) is 83.8 Å². The minimum Gasteiger partial charge on any atom is -0.504 e. The van der Waals surface area contributed by atoms with Crippen LogP contribution in [-0.2, 0) is 0 Å². The molecular formula is C16H16BrN3O3. The van der Waals surface area contributed by atoms with E-state index in [1.54, 1.807) is 24.3 Å². The first-order valence-electron chi connectivity index (χ1n) is 6.92. The molecular weight excluding hydrogens is 362 g/mol. The molecule has 0 aliphatic carbocycles. The quantitative estimate of drug-likeness (QED) is 0.619. The molecule has 0 unspecified atom stereocenters. The Morgan fingerprint density at radius 1 is 1.48 bits per heavy atom. The van der Waals surface area contributed by atoms with E-state index in [1.165, 1.54) is 12.4 Å². The van der Waals surface area contributed by atoms with Gasteiger partial charge >= 0.3 is 0 Å². The molecule has 2 aromatic rings. The highest BCUT2D eigenvalue weighted by atomic mass is 79.9. The summed E-state index contributed by atoms with van der Waals surface area (Å²) in [6.07, 6.45) is 2.83. The minimum absolute atomic E-state index is 0.0370. The summed E-state index contributed by atoms with van der Waals surface area (Å²) in [6.45, 7) is 4.09. The molecule has 0 aliphatic rings. The maximum absolute atomic E-state index is 11.9. The number of hydrazone groups is 1. The van der Waals surface area contributed by atoms with Crippen molar-refractivity contribution in [3.8, 4) is 11.5 Å². The SMILES string of the molecule is CCOc1cc(Br)cc(/C=N/NC(=O)c2ccc(C)nc2)c1O. The molecule has 1 amide bonds. The van der Waals surface area contributed by atoms with Crippen LogP contribution in [0.4, 0.5) is 0 Å². The van der Waals surface area contributed by atoms with Gasteiger partial charge in [-0.15, -0.1) is 0 Å². The molecule has 0 fully saturated rings. The Labute approximate surface area is 142 Å². The summed E-state index contributed by atoms with van der Waals surface area (Å²) in [4.78, 5) is 16.0. The van der Waals surface area contributed by atoms with Crippen LogP contribution in [0.15, 0.2) is 40.0 Å². The second-order valence-electron chi connectivity index (χ2n) is 4.66. The molecule has 1 aromatic carbocycles. The molecule has 2 rings (SSSR count). The number of aromatic hydroxyl groups is 1. The van der Waals surface area contributed by atoms with Crippen molar-refractivity contribution >= 4 is 28.1 Å². The number of carbonyl (C=O) groups is 1. The average Bonchev–Trinajstić information content (AvgIpc) is 2.52. The van der Waals surface area contributed by atoms with Gasteiger partial charge in [-0.1, -0.05) is 15.9 Å². The molecule has 0 atom stereocenters. The van der Waals surface area contributed by atoms with Crippen LogP contribution in [0.5, 0.6) is 11.5 Å². The Morgan fingerprint density at radius 3 is 2.91 bits per heavy atom. The average molecular weight is 378 g/mol. The zero-order valence-electron chi connectivity index (χ0n) is 12.7. The van der Waals surface area contributed by atoms with Crippen LogP contribution in [0.25, 0.3) is 0 Å². The minimum atomic E-state index is -0.381. The molecule has 0 bridgehead atoms. The van der Waals surface area contributed by atoms with Gasteiger partial charge in [0.2, 0.25) is 0 Å². The Kier molecular flexibility index (Phi) is 5.70. The number of nitrogens with zero attached hydrogens (tertiary/aromatic N) is 2.